The maximum absolute atomic E-state index is 9.90. The maximum atomic E-state index is 9.90. The Morgan fingerprint density at radius 2 is 1.55 bits per heavy atom. The molecule has 116 valence electrons. The summed E-state index contributed by atoms with van der Waals surface area (Å²) >= 11 is 0. The van der Waals surface area contributed by atoms with E-state index in [0.29, 0.717) is 24.4 Å². The van der Waals surface area contributed by atoms with Gasteiger partial charge in [-0.25, -0.2) is 0 Å². The molecule has 0 aliphatic carbocycles. The summed E-state index contributed by atoms with van der Waals surface area (Å²) in [5.74, 6) is 2.02. The van der Waals surface area contributed by atoms with Crippen LogP contribution in [0.3, 0.4) is 0 Å². The van der Waals surface area contributed by atoms with Crippen molar-refractivity contribution in [3.8, 4) is 5.75 Å². The zero-order chi connectivity index (χ0) is 16.3. The standard InChI is InChI=1S/C14H21BN6O/c1-19(2)12-16-13(18-14(17-12)21(4)15)20(3)9-10-7-5-6-8-11(10)22/h5-8,22H,9,15H2,1-4H3. The fourth-order valence-electron chi connectivity index (χ4n) is 1.88. The van der Waals surface area contributed by atoms with E-state index in [0.717, 1.165) is 5.56 Å². The van der Waals surface area contributed by atoms with Crippen LogP contribution in [0.15, 0.2) is 24.3 Å². The third-order valence-electron chi connectivity index (χ3n) is 3.14. The molecule has 0 fully saturated rings. The van der Waals surface area contributed by atoms with Gasteiger partial charge in [-0.1, -0.05) is 18.2 Å². The second kappa shape index (κ2) is 6.51. The van der Waals surface area contributed by atoms with E-state index in [2.05, 4.69) is 15.0 Å². The van der Waals surface area contributed by atoms with Gasteiger partial charge < -0.3 is 19.7 Å². The number of aromatic nitrogens is 3. The van der Waals surface area contributed by atoms with Gasteiger partial charge in [0.1, 0.15) is 5.75 Å². The number of nitrogens with zero attached hydrogens (tertiary/aromatic N) is 6. The average molecular weight is 300 g/mol. The molecule has 2 rings (SSSR count). The fraction of sp³-hybridized carbons (Fsp3) is 0.357. The summed E-state index contributed by atoms with van der Waals surface area (Å²) in [6, 6.07) is 7.25. The number of phenols is 1. The Kier molecular flexibility index (Phi) is 4.70. The average Bonchev–Trinajstić information content (AvgIpc) is 2.49. The summed E-state index contributed by atoms with van der Waals surface area (Å²) in [6.45, 7) is 0.510. The molecule has 0 radical (unpaired) electrons. The second-order valence-corrected chi connectivity index (χ2v) is 5.51. The first-order valence-electron chi connectivity index (χ1n) is 6.97. The van der Waals surface area contributed by atoms with Crippen LogP contribution in [0, 0.1) is 0 Å². The Balaban J connectivity index is 2.32. The number of benzene rings is 1. The van der Waals surface area contributed by atoms with Crippen LogP contribution in [0.25, 0.3) is 0 Å². The molecule has 0 saturated carbocycles. The monoisotopic (exact) mass is 300 g/mol. The molecule has 7 nitrogen and oxygen atoms in total. The first-order valence-corrected chi connectivity index (χ1v) is 6.97. The van der Waals surface area contributed by atoms with Gasteiger partial charge in [0.25, 0.3) is 0 Å². The lowest BCUT2D eigenvalue weighted by molar-refractivity contribution is 0.467. The molecule has 8 heteroatoms. The molecule has 0 atom stereocenters. The van der Waals surface area contributed by atoms with Crippen molar-refractivity contribution in [2.45, 2.75) is 6.54 Å². The number of phenolic OH excluding ortho intramolecular Hbond substituents is 1. The fourth-order valence-corrected chi connectivity index (χ4v) is 1.88. The predicted molar refractivity (Wildman–Crippen MR) is 91.3 cm³/mol. The zero-order valence-corrected chi connectivity index (χ0v) is 13.6. The number of aromatic hydroxyl groups is 1. The molecular weight excluding hydrogens is 279 g/mol. The summed E-state index contributed by atoms with van der Waals surface area (Å²) < 4.78 is 0. The van der Waals surface area contributed by atoms with Gasteiger partial charge in [-0.2, -0.15) is 15.0 Å². The van der Waals surface area contributed by atoms with Crippen molar-refractivity contribution < 1.29 is 5.11 Å². The number of hydrogen-bond donors (Lipinski definition) is 1. The van der Waals surface area contributed by atoms with Gasteiger partial charge in [-0.15, -0.1) is 0 Å². The Labute approximate surface area is 131 Å². The highest BCUT2D eigenvalue weighted by atomic mass is 16.3. The van der Waals surface area contributed by atoms with Crippen LogP contribution >= 0.6 is 0 Å². The predicted octanol–water partition coefficient (Wildman–Crippen LogP) is 0.264. The highest BCUT2D eigenvalue weighted by Gasteiger charge is 2.14. The smallest absolute Gasteiger partial charge is 0.231 e. The first-order chi connectivity index (χ1) is 10.4. The molecule has 0 spiro atoms. The molecule has 1 aromatic carbocycles. The SMILES string of the molecule is BN(C)c1nc(N(C)C)nc(N(C)Cc2ccccc2O)n1. The van der Waals surface area contributed by atoms with E-state index in [4.69, 9.17) is 0 Å². The lowest BCUT2D eigenvalue weighted by Crippen LogP contribution is -2.25. The third-order valence-corrected chi connectivity index (χ3v) is 3.14. The van der Waals surface area contributed by atoms with Crippen LogP contribution in [0.1, 0.15) is 5.56 Å². The number of para-hydroxylation sites is 1. The van der Waals surface area contributed by atoms with Crippen molar-refractivity contribution in [3.05, 3.63) is 29.8 Å². The number of anilines is 3. The molecule has 1 aromatic heterocycles. The number of hydrogen-bond acceptors (Lipinski definition) is 7. The van der Waals surface area contributed by atoms with Crippen LogP contribution in [-0.4, -0.2) is 56.2 Å². The van der Waals surface area contributed by atoms with Gasteiger partial charge in [-0.05, 0) is 13.1 Å². The van der Waals surface area contributed by atoms with Crippen molar-refractivity contribution in [2.24, 2.45) is 0 Å². The molecule has 0 unspecified atom stereocenters. The van der Waals surface area contributed by atoms with Gasteiger partial charge in [0.05, 0.1) is 0 Å². The van der Waals surface area contributed by atoms with E-state index in [-0.39, 0.29) is 5.75 Å². The summed E-state index contributed by atoms with van der Waals surface area (Å²) in [6.07, 6.45) is 0. The lowest BCUT2D eigenvalue weighted by atomic mass is 10.2. The minimum atomic E-state index is 0.268. The third kappa shape index (κ3) is 3.57. The van der Waals surface area contributed by atoms with Crippen molar-refractivity contribution in [2.75, 3.05) is 42.8 Å². The maximum Gasteiger partial charge on any atom is 0.231 e. The molecule has 0 amide bonds. The van der Waals surface area contributed by atoms with Crippen LogP contribution in [0.2, 0.25) is 0 Å². The molecule has 0 bridgehead atoms. The molecule has 1 heterocycles. The summed E-state index contributed by atoms with van der Waals surface area (Å²) in [5, 5.41) is 9.90. The lowest BCUT2D eigenvalue weighted by Gasteiger charge is -2.22. The van der Waals surface area contributed by atoms with Crippen LogP contribution in [-0.2, 0) is 6.54 Å². The molecule has 1 N–H and O–H groups in total. The van der Waals surface area contributed by atoms with E-state index >= 15 is 0 Å². The van der Waals surface area contributed by atoms with Gasteiger partial charge in [0, 0.05) is 33.3 Å². The van der Waals surface area contributed by atoms with Crippen LogP contribution < -0.4 is 14.6 Å². The second-order valence-electron chi connectivity index (χ2n) is 5.51. The molecule has 0 saturated heterocycles. The van der Waals surface area contributed by atoms with E-state index in [9.17, 15) is 5.11 Å². The van der Waals surface area contributed by atoms with Crippen LogP contribution in [0.4, 0.5) is 17.8 Å². The topological polar surface area (TPSA) is 68.6 Å². The minimum Gasteiger partial charge on any atom is -0.508 e. The highest BCUT2D eigenvalue weighted by molar-refractivity contribution is 6.16. The van der Waals surface area contributed by atoms with Gasteiger partial charge in [-0.3, -0.25) is 0 Å². The Morgan fingerprint density at radius 1 is 0.955 bits per heavy atom. The van der Waals surface area contributed by atoms with Gasteiger partial charge in [0.2, 0.25) is 25.8 Å². The van der Waals surface area contributed by atoms with Crippen LogP contribution in [0.5, 0.6) is 5.75 Å². The molecular formula is C14H21BN6O. The number of rotatable bonds is 5. The normalized spacial score (nSPS) is 10.4. The van der Waals surface area contributed by atoms with Gasteiger partial charge in [0.15, 0.2) is 0 Å². The van der Waals surface area contributed by atoms with Crippen molar-refractivity contribution in [3.63, 3.8) is 0 Å². The quantitative estimate of drug-likeness (QED) is 0.795. The minimum absolute atomic E-state index is 0.268. The first kappa shape index (κ1) is 15.9. The molecule has 0 aliphatic rings. The summed E-state index contributed by atoms with van der Waals surface area (Å²) in [7, 11) is 9.45. The molecule has 0 aliphatic heterocycles. The largest absolute Gasteiger partial charge is 0.508 e. The Hall–Kier alpha value is -2.51. The summed E-state index contributed by atoms with van der Waals surface area (Å²) in [4.78, 5) is 18.9. The van der Waals surface area contributed by atoms with Gasteiger partial charge >= 0.3 is 0 Å². The van der Waals surface area contributed by atoms with Crippen molar-refractivity contribution in [1.82, 2.24) is 15.0 Å². The molecule has 2 aromatic rings. The van der Waals surface area contributed by atoms with E-state index in [1.54, 1.807) is 12.1 Å². The highest BCUT2D eigenvalue weighted by Crippen LogP contribution is 2.21. The summed E-state index contributed by atoms with van der Waals surface area (Å²) in [5.41, 5.74) is 0.822. The van der Waals surface area contributed by atoms with Crippen molar-refractivity contribution >= 4 is 25.8 Å². The van der Waals surface area contributed by atoms with E-state index in [1.165, 1.54) is 0 Å². The van der Waals surface area contributed by atoms with Crippen molar-refractivity contribution in [1.29, 1.82) is 0 Å². The van der Waals surface area contributed by atoms with E-state index < -0.39 is 0 Å². The zero-order valence-electron chi connectivity index (χ0n) is 13.6. The molecule has 22 heavy (non-hydrogen) atoms. The Bertz CT molecular complexity index is 623. The Morgan fingerprint density at radius 3 is 2.14 bits per heavy atom. The van der Waals surface area contributed by atoms with E-state index in [1.807, 2.05) is 62.9 Å².